The molecule has 0 heterocycles. The van der Waals surface area contributed by atoms with Gasteiger partial charge in [0.2, 0.25) is 0 Å². The maximum atomic E-state index is 12.6. The van der Waals surface area contributed by atoms with Gasteiger partial charge in [-0.2, -0.15) is 0 Å². The molecule has 0 aliphatic carbocycles. The fourth-order valence-corrected chi connectivity index (χ4v) is 3.22. The van der Waals surface area contributed by atoms with Gasteiger partial charge in [-0.25, -0.2) is 9.59 Å². The summed E-state index contributed by atoms with van der Waals surface area (Å²) < 4.78 is 0. The van der Waals surface area contributed by atoms with Crippen molar-refractivity contribution in [1.29, 1.82) is 0 Å². The summed E-state index contributed by atoms with van der Waals surface area (Å²) in [6.07, 6.45) is 0. The summed E-state index contributed by atoms with van der Waals surface area (Å²) in [4.78, 5) is 24.2. The standard InChI is InChI=1S/C21H20N2O3/c1-12-10-13(2)18(14(3)11-12)22-21(26)23-19-16-7-5-4-6-15(16)8-9-17(19)20(24)25/h4-11H,1-3H3,(H,24,25)(H2,22,23,26). The number of aromatic carboxylic acids is 1. The Kier molecular flexibility index (Phi) is 4.63. The summed E-state index contributed by atoms with van der Waals surface area (Å²) in [6.45, 7) is 5.85. The number of carbonyl (C=O) groups is 2. The number of nitrogens with one attached hydrogen (secondary N) is 2. The van der Waals surface area contributed by atoms with Crippen molar-refractivity contribution in [2.45, 2.75) is 20.8 Å². The monoisotopic (exact) mass is 348 g/mol. The number of amides is 2. The molecule has 0 saturated carbocycles. The van der Waals surface area contributed by atoms with Gasteiger partial charge in [-0.15, -0.1) is 0 Å². The molecule has 2 amide bonds. The van der Waals surface area contributed by atoms with Gasteiger partial charge < -0.3 is 15.7 Å². The van der Waals surface area contributed by atoms with E-state index in [1.807, 2.05) is 51.1 Å². The number of carboxylic acid groups (broad SMARTS) is 1. The summed E-state index contributed by atoms with van der Waals surface area (Å²) in [5.41, 5.74) is 4.09. The molecule has 5 heteroatoms. The van der Waals surface area contributed by atoms with Crippen molar-refractivity contribution < 1.29 is 14.7 Å². The molecule has 26 heavy (non-hydrogen) atoms. The van der Waals surface area contributed by atoms with Crippen LogP contribution >= 0.6 is 0 Å². The zero-order chi connectivity index (χ0) is 18.8. The molecule has 0 saturated heterocycles. The van der Waals surface area contributed by atoms with Gasteiger partial charge in [0.25, 0.3) is 0 Å². The molecule has 0 radical (unpaired) electrons. The number of carbonyl (C=O) groups excluding carboxylic acids is 1. The van der Waals surface area contributed by atoms with Gasteiger partial charge in [0.05, 0.1) is 11.3 Å². The highest BCUT2D eigenvalue weighted by Gasteiger charge is 2.16. The lowest BCUT2D eigenvalue weighted by atomic mass is 10.0. The number of carboxylic acids is 1. The summed E-state index contributed by atoms with van der Waals surface area (Å²) in [5, 5.41) is 16.6. The molecule has 0 aromatic heterocycles. The van der Waals surface area contributed by atoms with Crippen molar-refractivity contribution in [2.75, 3.05) is 10.6 Å². The van der Waals surface area contributed by atoms with E-state index in [0.29, 0.717) is 5.39 Å². The summed E-state index contributed by atoms with van der Waals surface area (Å²) >= 11 is 0. The molecule has 3 N–H and O–H groups in total. The first-order valence-electron chi connectivity index (χ1n) is 8.27. The van der Waals surface area contributed by atoms with Gasteiger partial charge in [-0.3, -0.25) is 0 Å². The molecule has 0 bridgehead atoms. The van der Waals surface area contributed by atoms with E-state index >= 15 is 0 Å². The molecular formula is C21H20N2O3. The summed E-state index contributed by atoms with van der Waals surface area (Å²) in [6, 6.07) is 14.1. The Bertz CT molecular complexity index is 1000. The van der Waals surface area contributed by atoms with E-state index in [4.69, 9.17) is 0 Å². The highest BCUT2D eigenvalue weighted by molar-refractivity contribution is 6.12. The largest absolute Gasteiger partial charge is 0.478 e. The topological polar surface area (TPSA) is 78.4 Å². The minimum atomic E-state index is -1.09. The highest BCUT2D eigenvalue weighted by atomic mass is 16.4. The van der Waals surface area contributed by atoms with Crippen molar-refractivity contribution in [3.8, 4) is 0 Å². The van der Waals surface area contributed by atoms with Crippen LogP contribution < -0.4 is 10.6 Å². The molecule has 0 spiro atoms. The number of benzene rings is 3. The van der Waals surface area contributed by atoms with E-state index in [1.165, 1.54) is 6.07 Å². The van der Waals surface area contributed by atoms with Gasteiger partial charge in [-0.1, -0.05) is 48.0 Å². The normalized spacial score (nSPS) is 10.6. The van der Waals surface area contributed by atoms with E-state index in [9.17, 15) is 14.7 Å². The predicted octanol–water partition coefficient (Wildman–Crippen LogP) is 5.11. The lowest BCUT2D eigenvalue weighted by Crippen LogP contribution is -2.22. The fourth-order valence-electron chi connectivity index (χ4n) is 3.22. The van der Waals surface area contributed by atoms with E-state index in [-0.39, 0.29) is 11.3 Å². The first-order valence-corrected chi connectivity index (χ1v) is 8.27. The van der Waals surface area contributed by atoms with Crippen LogP contribution in [0.4, 0.5) is 16.2 Å². The molecular weight excluding hydrogens is 328 g/mol. The third kappa shape index (κ3) is 3.37. The second-order valence-electron chi connectivity index (χ2n) is 6.37. The van der Waals surface area contributed by atoms with Crippen LogP contribution in [0.3, 0.4) is 0 Å². The van der Waals surface area contributed by atoms with Gasteiger partial charge in [0.1, 0.15) is 0 Å². The second kappa shape index (κ2) is 6.88. The first-order chi connectivity index (χ1) is 12.4. The highest BCUT2D eigenvalue weighted by Crippen LogP contribution is 2.28. The van der Waals surface area contributed by atoms with Crippen LogP contribution in [0.25, 0.3) is 10.8 Å². The Hall–Kier alpha value is -3.34. The Morgan fingerprint density at radius 3 is 2.12 bits per heavy atom. The lowest BCUT2D eigenvalue weighted by molar-refractivity contribution is 0.0698. The molecule has 3 aromatic carbocycles. The van der Waals surface area contributed by atoms with Crippen LogP contribution in [0.5, 0.6) is 0 Å². The zero-order valence-electron chi connectivity index (χ0n) is 14.9. The van der Waals surface area contributed by atoms with Crippen molar-refractivity contribution in [3.63, 3.8) is 0 Å². The number of urea groups is 1. The quantitative estimate of drug-likeness (QED) is 0.615. The summed E-state index contributed by atoms with van der Waals surface area (Å²) in [7, 11) is 0. The first kappa shape index (κ1) is 17.5. The maximum Gasteiger partial charge on any atom is 0.337 e. The Morgan fingerprint density at radius 2 is 1.46 bits per heavy atom. The van der Waals surface area contributed by atoms with Gasteiger partial charge in [0, 0.05) is 11.1 Å². The van der Waals surface area contributed by atoms with Crippen molar-refractivity contribution >= 4 is 34.1 Å². The maximum absolute atomic E-state index is 12.6. The molecule has 0 aliphatic rings. The van der Waals surface area contributed by atoms with Crippen LogP contribution in [0, 0.1) is 20.8 Å². The minimum Gasteiger partial charge on any atom is -0.478 e. The number of aryl methyl sites for hydroxylation is 3. The van der Waals surface area contributed by atoms with Gasteiger partial charge in [0.15, 0.2) is 0 Å². The summed E-state index contributed by atoms with van der Waals surface area (Å²) in [5.74, 6) is -1.09. The molecule has 3 rings (SSSR count). The van der Waals surface area contributed by atoms with Crippen molar-refractivity contribution in [1.82, 2.24) is 0 Å². The predicted molar refractivity (Wildman–Crippen MR) is 104 cm³/mol. The minimum absolute atomic E-state index is 0.0520. The van der Waals surface area contributed by atoms with E-state index < -0.39 is 12.0 Å². The molecule has 0 aliphatic heterocycles. The van der Waals surface area contributed by atoms with Gasteiger partial charge in [-0.05, 0) is 43.4 Å². The zero-order valence-corrected chi connectivity index (χ0v) is 14.9. The average molecular weight is 348 g/mol. The Morgan fingerprint density at radius 1 is 0.846 bits per heavy atom. The Balaban J connectivity index is 1.97. The van der Waals surface area contributed by atoms with Crippen LogP contribution in [-0.2, 0) is 0 Å². The van der Waals surface area contributed by atoms with Crippen molar-refractivity contribution in [2.24, 2.45) is 0 Å². The van der Waals surface area contributed by atoms with Crippen molar-refractivity contribution in [3.05, 3.63) is 70.8 Å². The van der Waals surface area contributed by atoms with Crippen LogP contribution in [0.15, 0.2) is 48.5 Å². The number of hydrogen-bond donors (Lipinski definition) is 3. The number of rotatable bonds is 3. The fraction of sp³-hybridized carbons (Fsp3) is 0.143. The smallest absolute Gasteiger partial charge is 0.337 e. The lowest BCUT2D eigenvalue weighted by Gasteiger charge is -2.16. The SMILES string of the molecule is Cc1cc(C)c(NC(=O)Nc2c(C(=O)O)ccc3ccccc23)c(C)c1. The second-order valence-corrected chi connectivity index (χ2v) is 6.37. The Labute approximate surface area is 151 Å². The number of fused-ring (bicyclic) bond motifs is 1. The molecule has 132 valence electrons. The molecule has 0 unspecified atom stereocenters. The molecule has 0 atom stereocenters. The van der Waals surface area contributed by atoms with E-state index in [2.05, 4.69) is 10.6 Å². The number of anilines is 2. The number of hydrogen-bond acceptors (Lipinski definition) is 2. The molecule has 3 aromatic rings. The van der Waals surface area contributed by atoms with Crippen LogP contribution in [-0.4, -0.2) is 17.1 Å². The molecule has 0 fully saturated rings. The third-order valence-electron chi connectivity index (χ3n) is 4.31. The van der Waals surface area contributed by atoms with Gasteiger partial charge >= 0.3 is 12.0 Å². The average Bonchev–Trinajstić information content (AvgIpc) is 2.58. The van der Waals surface area contributed by atoms with E-state index in [1.54, 1.807) is 12.1 Å². The third-order valence-corrected chi connectivity index (χ3v) is 4.31. The molecule has 5 nitrogen and oxygen atoms in total. The van der Waals surface area contributed by atoms with E-state index in [0.717, 1.165) is 27.8 Å². The van der Waals surface area contributed by atoms with Crippen LogP contribution in [0.1, 0.15) is 27.0 Å². The van der Waals surface area contributed by atoms with Crippen LogP contribution in [0.2, 0.25) is 0 Å².